The molecule has 0 saturated carbocycles. The van der Waals surface area contributed by atoms with Gasteiger partial charge in [-0.2, -0.15) is 0 Å². The molecule has 2 nitrogen and oxygen atoms in total. The molecule has 0 spiro atoms. The van der Waals surface area contributed by atoms with E-state index in [-0.39, 0.29) is 31.3 Å². The van der Waals surface area contributed by atoms with Crippen LogP contribution in [0.1, 0.15) is 25.0 Å². The monoisotopic (exact) mass is 709 g/mol. The van der Waals surface area contributed by atoms with Gasteiger partial charge in [-0.05, 0) is 33.6 Å². The van der Waals surface area contributed by atoms with Gasteiger partial charge in [-0.1, -0.05) is 88.1 Å². The molecule has 0 unspecified atom stereocenters. The van der Waals surface area contributed by atoms with Crippen LogP contribution in [0.3, 0.4) is 0 Å². The summed E-state index contributed by atoms with van der Waals surface area (Å²) in [5.41, 5.74) is 6.21. The Morgan fingerprint density at radius 3 is 2.03 bits per heavy atom. The van der Waals surface area contributed by atoms with Crippen molar-refractivity contribution in [3.63, 3.8) is 0 Å². The summed E-state index contributed by atoms with van der Waals surface area (Å²) in [6, 6.07) is 37.6. The minimum atomic E-state index is -1.30. The van der Waals surface area contributed by atoms with Crippen LogP contribution in [0.5, 0.6) is 0 Å². The van der Waals surface area contributed by atoms with Crippen LogP contribution in [0.25, 0.3) is 22.5 Å². The molecule has 0 fully saturated rings. The molecule has 0 aliphatic carbocycles. The standard InChI is InChI=1S/C20H18N.C14H15FNSi.Ir/c1-20(2,17-10-4-3-5-11-17)18-12-8-9-16(15-18)19-13-6-7-14-21-19;1-17(2,3)13-8-9-14(16-10-13)11-4-6-12(15)7-5-11;/h3-8,10-15H,1-2H3;4,6-10H,1-3H3;/q2*-1;. The second kappa shape index (κ2) is 13.2. The van der Waals surface area contributed by atoms with Crippen LogP contribution >= 0.6 is 0 Å². The summed E-state index contributed by atoms with van der Waals surface area (Å²) >= 11 is 0. The van der Waals surface area contributed by atoms with Crippen molar-refractivity contribution in [2.24, 2.45) is 0 Å². The van der Waals surface area contributed by atoms with Gasteiger partial charge in [-0.25, -0.2) is 0 Å². The number of nitrogens with zero attached hydrogens (tertiary/aromatic N) is 2. The van der Waals surface area contributed by atoms with Gasteiger partial charge in [-0.3, -0.25) is 4.39 Å². The Morgan fingerprint density at radius 2 is 1.44 bits per heavy atom. The molecule has 0 N–H and O–H groups in total. The van der Waals surface area contributed by atoms with E-state index in [9.17, 15) is 4.39 Å². The first-order valence-corrected chi connectivity index (χ1v) is 16.3. The van der Waals surface area contributed by atoms with Crippen molar-refractivity contribution in [3.8, 4) is 22.5 Å². The minimum absolute atomic E-state index is 0. The van der Waals surface area contributed by atoms with E-state index in [1.165, 1.54) is 28.4 Å². The molecule has 2 heterocycles. The summed E-state index contributed by atoms with van der Waals surface area (Å²) < 4.78 is 12.8. The average Bonchev–Trinajstić information content (AvgIpc) is 2.94. The van der Waals surface area contributed by atoms with E-state index < -0.39 is 8.07 Å². The summed E-state index contributed by atoms with van der Waals surface area (Å²) in [5.74, 6) is -0.271. The zero-order valence-electron chi connectivity index (χ0n) is 23.0. The summed E-state index contributed by atoms with van der Waals surface area (Å²) in [6.07, 6.45) is 3.75. The van der Waals surface area contributed by atoms with Crippen molar-refractivity contribution in [1.82, 2.24) is 9.97 Å². The van der Waals surface area contributed by atoms with Crippen LogP contribution < -0.4 is 5.19 Å². The topological polar surface area (TPSA) is 25.8 Å². The largest absolute Gasteiger partial charge is 0.305 e. The Hall–Kier alpha value is -3.24. The van der Waals surface area contributed by atoms with Gasteiger partial charge >= 0.3 is 0 Å². The van der Waals surface area contributed by atoms with E-state index >= 15 is 0 Å². The molecule has 0 aliphatic heterocycles. The SMILES string of the molecule is CC(C)(c1ccccc1)c1cc[c-]c(-c2ccccn2)c1.C[Si](C)(C)c1ccc(-c2[c-]cc(F)cc2)nc1.[Ir]. The Kier molecular flexibility index (Phi) is 10.3. The van der Waals surface area contributed by atoms with Gasteiger partial charge in [-0.15, -0.1) is 65.2 Å². The van der Waals surface area contributed by atoms with Crippen molar-refractivity contribution in [3.05, 3.63) is 139 Å². The molecule has 0 atom stereocenters. The number of halogens is 1. The maximum Gasteiger partial charge on any atom is 0.0795 e. The van der Waals surface area contributed by atoms with Gasteiger partial charge in [0.05, 0.1) is 8.07 Å². The summed E-state index contributed by atoms with van der Waals surface area (Å²) in [5, 5.41) is 1.32. The summed E-state index contributed by atoms with van der Waals surface area (Å²) in [6.45, 7) is 11.4. The van der Waals surface area contributed by atoms with E-state index in [0.717, 1.165) is 22.5 Å². The third kappa shape index (κ3) is 7.89. The maximum atomic E-state index is 12.8. The molecule has 1 radical (unpaired) electrons. The zero-order chi connectivity index (χ0) is 27.2. The fraction of sp³-hybridized carbons (Fsp3) is 0.176. The molecule has 39 heavy (non-hydrogen) atoms. The van der Waals surface area contributed by atoms with Crippen molar-refractivity contribution in [2.45, 2.75) is 38.9 Å². The molecular formula is C34H33FIrN2Si-2. The fourth-order valence-electron chi connectivity index (χ4n) is 4.11. The second-order valence-electron chi connectivity index (χ2n) is 10.8. The van der Waals surface area contributed by atoms with Crippen molar-refractivity contribution < 1.29 is 24.5 Å². The molecule has 2 aromatic heterocycles. The van der Waals surface area contributed by atoms with Crippen LogP contribution in [-0.4, -0.2) is 18.0 Å². The van der Waals surface area contributed by atoms with Gasteiger partial charge in [0.2, 0.25) is 0 Å². The first-order valence-electron chi connectivity index (χ1n) is 12.8. The summed E-state index contributed by atoms with van der Waals surface area (Å²) in [7, 11) is -1.30. The van der Waals surface area contributed by atoms with E-state index in [1.54, 1.807) is 6.07 Å². The molecular weight excluding hydrogens is 676 g/mol. The number of hydrogen-bond donors (Lipinski definition) is 0. The smallest absolute Gasteiger partial charge is 0.0795 e. The van der Waals surface area contributed by atoms with Crippen molar-refractivity contribution >= 4 is 13.3 Å². The minimum Gasteiger partial charge on any atom is -0.305 e. The van der Waals surface area contributed by atoms with Gasteiger partial charge < -0.3 is 9.97 Å². The molecule has 0 saturated heterocycles. The van der Waals surface area contributed by atoms with Crippen molar-refractivity contribution in [1.29, 1.82) is 0 Å². The molecule has 5 heteroatoms. The summed E-state index contributed by atoms with van der Waals surface area (Å²) in [4.78, 5) is 8.84. The van der Waals surface area contributed by atoms with Gasteiger partial charge in [0, 0.05) is 38.3 Å². The van der Waals surface area contributed by atoms with Crippen LogP contribution in [-0.2, 0) is 25.5 Å². The van der Waals surface area contributed by atoms with Crippen LogP contribution in [0.4, 0.5) is 4.39 Å². The third-order valence-corrected chi connectivity index (χ3v) is 8.67. The Labute approximate surface area is 246 Å². The van der Waals surface area contributed by atoms with E-state index in [0.29, 0.717) is 0 Å². The quantitative estimate of drug-likeness (QED) is 0.136. The molecule has 0 aliphatic rings. The molecule has 0 amide bonds. The molecule has 5 rings (SSSR count). The average molecular weight is 709 g/mol. The first-order chi connectivity index (χ1) is 18.1. The second-order valence-corrected chi connectivity index (χ2v) is 15.9. The molecule has 3 aromatic carbocycles. The molecule has 0 bridgehead atoms. The third-order valence-electron chi connectivity index (χ3n) is 6.64. The normalized spacial score (nSPS) is 11.1. The zero-order valence-corrected chi connectivity index (χ0v) is 26.4. The van der Waals surface area contributed by atoms with Crippen LogP contribution in [0, 0.1) is 17.9 Å². The Balaban J connectivity index is 0.000000215. The number of pyridine rings is 2. The van der Waals surface area contributed by atoms with Gasteiger partial charge in [0.15, 0.2) is 0 Å². The molecule has 201 valence electrons. The predicted octanol–water partition coefficient (Wildman–Crippen LogP) is 8.11. The number of aromatic nitrogens is 2. The number of hydrogen-bond acceptors (Lipinski definition) is 2. The Bertz CT molecular complexity index is 1450. The number of benzene rings is 3. The molecule has 5 aromatic rings. The van der Waals surface area contributed by atoms with Crippen LogP contribution in [0.2, 0.25) is 19.6 Å². The Morgan fingerprint density at radius 1 is 0.718 bits per heavy atom. The van der Waals surface area contributed by atoms with E-state index in [4.69, 9.17) is 0 Å². The predicted molar refractivity (Wildman–Crippen MR) is 159 cm³/mol. The maximum absolute atomic E-state index is 12.8. The van der Waals surface area contributed by atoms with Crippen molar-refractivity contribution in [2.75, 3.05) is 0 Å². The van der Waals surface area contributed by atoms with E-state index in [1.807, 2.05) is 42.7 Å². The fourth-order valence-corrected chi connectivity index (χ4v) is 5.14. The van der Waals surface area contributed by atoms with E-state index in [2.05, 4.69) is 104 Å². The first kappa shape index (κ1) is 30.3. The van der Waals surface area contributed by atoms with Gasteiger partial charge in [0.1, 0.15) is 0 Å². The van der Waals surface area contributed by atoms with Crippen LogP contribution in [0.15, 0.2) is 109 Å². The number of rotatable bonds is 5. The van der Waals surface area contributed by atoms with Gasteiger partial charge in [0.25, 0.3) is 0 Å².